The first kappa shape index (κ1) is 18.0. The fourth-order valence-electron chi connectivity index (χ4n) is 4.38. The van der Waals surface area contributed by atoms with Crippen LogP contribution in [0.4, 0.5) is 0 Å². The third-order valence-corrected chi connectivity index (χ3v) is 6.08. The Bertz CT molecular complexity index is 1020. The van der Waals surface area contributed by atoms with Gasteiger partial charge in [-0.15, -0.1) is 0 Å². The van der Waals surface area contributed by atoms with E-state index in [1.165, 1.54) is 32.4 Å². The second kappa shape index (κ2) is 7.00. The van der Waals surface area contributed by atoms with Gasteiger partial charge in [0.1, 0.15) is 0 Å². The largest absolute Gasteiger partial charge is 0.329 e. The summed E-state index contributed by atoms with van der Waals surface area (Å²) in [5, 5.41) is 0. The minimum Gasteiger partial charge on any atom is -0.329 e. The first-order valence-electron chi connectivity index (χ1n) is 9.88. The van der Waals surface area contributed by atoms with Crippen LogP contribution in [0.5, 0.6) is 0 Å². The minimum atomic E-state index is 0.00813. The lowest BCUT2D eigenvalue weighted by atomic mass is 10.0. The van der Waals surface area contributed by atoms with Crippen molar-refractivity contribution in [3.63, 3.8) is 0 Å². The summed E-state index contributed by atoms with van der Waals surface area (Å²) in [6.07, 6.45) is 7.84. The van der Waals surface area contributed by atoms with Gasteiger partial charge in [0.05, 0.1) is 29.3 Å². The maximum Gasteiger partial charge on any atom is 0.328 e. The van der Waals surface area contributed by atoms with Gasteiger partial charge < -0.3 is 4.57 Å². The molecule has 0 spiro atoms. The summed E-state index contributed by atoms with van der Waals surface area (Å²) >= 11 is 0. The predicted octanol–water partition coefficient (Wildman–Crippen LogP) is 2.92. The van der Waals surface area contributed by atoms with Crippen LogP contribution in [0, 0.1) is 6.92 Å². The zero-order valence-electron chi connectivity index (χ0n) is 16.8. The van der Waals surface area contributed by atoms with Crippen LogP contribution in [-0.4, -0.2) is 42.7 Å². The lowest BCUT2D eigenvalue weighted by Crippen LogP contribution is -2.39. The number of likely N-dealkylation sites (tertiary alicyclic amines) is 1. The number of aromatic nitrogens is 4. The quantitative estimate of drug-likeness (QED) is 0.712. The van der Waals surface area contributed by atoms with E-state index in [1.54, 1.807) is 9.13 Å². The molecule has 1 fully saturated rings. The molecule has 0 bridgehead atoms. The molecule has 27 heavy (non-hydrogen) atoms. The van der Waals surface area contributed by atoms with E-state index in [-0.39, 0.29) is 5.69 Å². The number of benzene rings is 1. The zero-order valence-corrected chi connectivity index (χ0v) is 16.8. The molecule has 0 saturated carbocycles. The molecule has 1 unspecified atom stereocenters. The molecule has 1 aliphatic rings. The number of piperidine rings is 1. The highest BCUT2D eigenvalue weighted by molar-refractivity contribution is 5.84. The second-order valence-corrected chi connectivity index (χ2v) is 7.93. The molecule has 1 aromatic carbocycles. The lowest BCUT2D eigenvalue weighted by molar-refractivity contribution is 0.160. The third-order valence-electron chi connectivity index (χ3n) is 6.08. The Morgan fingerprint density at radius 3 is 2.44 bits per heavy atom. The molecule has 1 aliphatic heterocycles. The summed E-state index contributed by atoms with van der Waals surface area (Å²) in [5.74, 6) is 0. The van der Waals surface area contributed by atoms with Gasteiger partial charge >= 0.3 is 5.69 Å². The predicted molar refractivity (Wildman–Crippen MR) is 109 cm³/mol. The monoisotopic (exact) mass is 367 g/mol. The molecule has 2 aromatic heterocycles. The second-order valence-electron chi connectivity index (χ2n) is 7.93. The topological polar surface area (TPSA) is 48.0 Å². The van der Waals surface area contributed by atoms with E-state index >= 15 is 0 Å². The normalized spacial score (nSPS) is 16.9. The lowest BCUT2D eigenvalue weighted by Gasteiger charge is -2.32. The summed E-state index contributed by atoms with van der Waals surface area (Å²) in [4.78, 5) is 19.3. The van der Waals surface area contributed by atoms with Crippen LogP contribution < -0.4 is 5.69 Å². The molecule has 0 N–H and O–H groups in total. The number of nitrogens with zero attached hydrogens (tertiary/aromatic N) is 5. The molecule has 1 saturated heterocycles. The molecule has 0 aliphatic carbocycles. The number of imidazole rings is 2. The van der Waals surface area contributed by atoms with Gasteiger partial charge in [0, 0.05) is 32.2 Å². The SMILES string of the molecule is Cc1cc2c(cc1-c1cncn1CC(C)N1CCCCC1)n(C)c(=O)n2C. The van der Waals surface area contributed by atoms with Crippen LogP contribution in [0.2, 0.25) is 0 Å². The van der Waals surface area contributed by atoms with Crippen LogP contribution in [0.3, 0.4) is 0 Å². The summed E-state index contributed by atoms with van der Waals surface area (Å²) < 4.78 is 5.69. The van der Waals surface area contributed by atoms with E-state index in [0.29, 0.717) is 6.04 Å². The van der Waals surface area contributed by atoms with Crippen molar-refractivity contribution in [1.29, 1.82) is 0 Å². The van der Waals surface area contributed by atoms with Crippen LogP contribution in [-0.2, 0) is 20.6 Å². The maximum absolute atomic E-state index is 12.3. The fourth-order valence-corrected chi connectivity index (χ4v) is 4.38. The highest BCUT2D eigenvalue weighted by Gasteiger charge is 2.19. The molecule has 0 amide bonds. The van der Waals surface area contributed by atoms with Gasteiger partial charge in [-0.1, -0.05) is 6.42 Å². The van der Waals surface area contributed by atoms with Crippen LogP contribution in [0.25, 0.3) is 22.3 Å². The number of hydrogen-bond donors (Lipinski definition) is 0. The average Bonchev–Trinajstić information content (AvgIpc) is 3.21. The van der Waals surface area contributed by atoms with Gasteiger partial charge in [-0.25, -0.2) is 9.78 Å². The summed E-state index contributed by atoms with van der Waals surface area (Å²) in [7, 11) is 3.66. The fraction of sp³-hybridized carbons (Fsp3) is 0.524. The van der Waals surface area contributed by atoms with Crippen molar-refractivity contribution in [3.05, 3.63) is 40.7 Å². The Morgan fingerprint density at radius 1 is 1.07 bits per heavy atom. The van der Waals surface area contributed by atoms with Crippen molar-refractivity contribution in [1.82, 2.24) is 23.6 Å². The van der Waals surface area contributed by atoms with Crippen LogP contribution in [0.15, 0.2) is 29.5 Å². The first-order valence-corrected chi connectivity index (χ1v) is 9.88. The van der Waals surface area contributed by atoms with E-state index in [4.69, 9.17) is 0 Å². The smallest absolute Gasteiger partial charge is 0.328 e. The van der Waals surface area contributed by atoms with Crippen molar-refractivity contribution in [2.75, 3.05) is 13.1 Å². The van der Waals surface area contributed by atoms with Crippen molar-refractivity contribution in [3.8, 4) is 11.3 Å². The standard InChI is InChI=1S/C21H29N5O/c1-15-10-18-19(24(4)21(27)23(18)3)11-17(15)20-12-22-14-26(20)13-16(2)25-8-6-5-7-9-25/h10-12,14,16H,5-9,13H2,1-4H3. The van der Waals surface area contributed by atoms with Gasteiger partial charge in [0.2, 0.25) is 0 Å². The molecule has 6 nitrogen and oxygen atoms in total. The molecule has 3 aromatic rings. The van der Waals surface area contributed by atoms with Gasteiger partial charge in [-0.3, -0.25) is 14.0 Å². The summed E-state index contributed by atoms with van der Waals surface area (Å²) in [6, 6.07) is 4.73. The molecule has 144 valence electrons. The maximum atomic E-state index is 12.3. The Morgan fingerprint density at radius 2 is 1.74 bits per heavy atom. The molecule has 0 radical (unpaired) electrons. The molecule has 6 heteroatoms. The van der Waals surface area contributed by atoms with E-state index in [0.717, 1.165) is 34.4 Å². The number of fused-ring (bicyclic) bond motifs is 1. The molecule has 4 rings (SSSR count). The Kier molecular flexibility index (Phi) is 4.68. The van der Waals surface area contributed by atoms with E-state index < -0.39 is 0 Å². The summed E-state index contributed by atoms with van der Waals surface area (Å²) in [5.41, 5.74) is 5.36. The number of rotatable bonds is 4. The molecular weight excluding hydrogens is 338 g/mol. The zero-order chi connectivity index (χ0) is 19.1. The van der Waals surface area contributed by atoms with Crippen molar-refractivity contribution >= 4 is 11.0 Å². The van der Waals surface area contributed by atoms with Gasteiger partial charge in [0.15, 0.2) is 0 Å². The van der Waals surface area contributed by atoms with Gasteiger partial charge in [0.25, 0.3) is 0 Å². The third kappa shape index (κ3) is 3.12. The van der Waals surface area contributed by atoms with Crippen LogP contribution >= 0.6 is 0 Å². The highest BCUT2D eigenvalue weighted by Crippen LogP contribution is 2.28. The highest BCUT2D eigenvalue weighted by atomic mass is 16.1. The average molecular weight is 367 g/mol. The van der Waals surface area contributed by atoms with E-state index in [2.05, 4.69) is 40.4 Å². The van der Waals surface area contributed by atoms with Crippen molar-refractivity contribution in [2.24, 2.45) is 14.1 Å². The summed E-state index contributed by atoms with van der Waals surface area (Å²) in [6.45, 7) is 7.74. The van der Waals surface area contributed by atoms with Crippen molar-refractivity contribution < 1.29 is 0 Å². The van der Waals surface area contributed by atoms with Crippen LogP contribution in [0.1, 0.15) is 31.7 Å². The number of aryl methyl sites for hydroxylation is 3. The van der Waals surface area contributed by atoms with E-state index in [9.17, 15) is 4.79 Å². The molecule has 1 atom stereocenters. The first-order chi connectivity index (χ1) is 13.0. The molecular formula is C21H29N5O. The Hall–Kier alpha value is -2.34. The minimum absolute atomic E-state index is 0.00813. The Balaban J connectivity index is 1.70. The Labute approximate surface area is 160 Å². The van der Waals surface area contributed by atoms with Crippen molar-refractivity contribution in [2.45, 2.75) is 45.7 Å². The number of hydrogen-bond acceptors (Lipinski definition) is 3. The van der Waals surface area contributed by atoms with Gasteiger partial charge in [-0.05, 0) is 57.5 Å². The van der Waals surface area contributed by atoms with E-state index in [1.807, 2.05) is 26.6 Å². The molecule has 3 heterocycles. The van der Waals surface area contributed by atoms with Gasteiger partial charge in [-0.2, -0.15) is 0 Å².